The normalized spacial score (nSPS) is 31.3. The molecular formula is C15H25N3S. The van der Waals surface area contributed by atoms with E-state index in [0.717, 1.165) is 6.42 Å². The number of nitrogens with zero attached hydrogens (tertiary/aromatic N) is 1. The molecule has 0 aliphatic heterocycles. The van der Waals surface area contributed by atoms with Gasteiger partial charge in [-0.25, -0.2) is 0 Å². The molecule has 19 heavy (non-hydrogen) atoms. The molecule has 2 aliphatic carbocycles. The van der Waals surface area contributed by atoms with Crippen LogP contribution in [0.5, 0.6) is 0 Å². The van der Waals surface area contributed by atoms with Crippen LogP contribution in [0.4, 0.5) is 0 Å². The predicted molar refractivity (Wildman–Crippen MR) is 85.3 cm³/mol. The Bertz CT molecular complexity index is 351. The van der Waals surface area contributed by atoms with Crippen LogP contribution in [-0.2, 0) is 0 Å². The van der Waals surface area contributed by atoms with E-state index in [1.165, 1.54) is 38.5 Å². The van der Waals surface area contributed by atoms with Crippen molar-refractivity contribution in [3.05, 3.63) is 12.2 Å². The van der Waals surface area contributed by atoms with E-state index in [1.807, 2.05) is 6.21 Å². The van der Waals surface area contributed by atoms with Crippen LogP contribution in [0.15, 0.2) is 17.3 Å². The zero-order chi connectivity index (χ0) is 13.5. The fraction of sp³-hybridized carbons (Fsp3) is 0.733. The van der Waals surface area contributed by atoms with E-state index in [9.17, 15) is 0 Å². The van der Waals surface area contributed by atoms with E-state index < -0.39 is 0 Å². The van der Waals surface area contributed by atoms with Crippen LogP contribution in [0.25, 0.3) is 0 Å². The summed E-state index contributed by atoms with van der Waals surface area (Å²) in [6, 6.07) is 0.515. The molecule has 0 aromatic carbocycles. The molecule has 0 aromatic rings. The topological polar surface area (TPSA) is 36.4 Å². The number of nitrogens with one attached hydrogen (secondary N) is 2. The van der Waals surface area contributed by atoms with Gasteiger partial charge in [-0.05, 0) is 56.2 Å². The number of rotatable bonds is 3. The Morgan fingerprint density at radius 2 is 2.11 bits per heavy atom. The molecule has 0 amide bonds. The van der Waals surface area contributed by atoms with Crippen molar-refractivity contribution >= 4 is 23.5 Å². The van der Waals surface area contributed by atoms with Crippen molar-refractivity contribution in [2.45, 2.75) is 57.9 Å². The first-order chi connectivity index (χ1) is 9.25. The van der Waals surface area contributed by atoms with Gasteiger partial charge in [0, 0.05) is 12.3 Å². The smallest absolute Gasteiger partial charge is 0.187 e. The summed E-state index contributed by atoms with van der Waals surface area (Å²) in [5.74, 6) is 1.27. The minimum atomic E-state index is 0.515. The Morgan fingerprint density at radius 1 is 1.26 bits per heavy atom. The van der Waals surface area contributed by atoms with Gasteiger partial charge in [-0.2, -0.15) is 5.10 Å². The van der Waals surface area contributed by atoms with E-state index in [4.69, 9.17) is 12.2 Å². The summed E-state index contributed by atoms with van der Waals surface area (Å²) in [4.78, 5) is 0. The lowest BCUT2D eigenvalue weighted by atomic mass is 9.86. The molecule has 1 fully saturated rings. The summed E-state index contributed by atoms with van der Waals surface area (Å²) in [5.41, 5.74) is 2.96. The van der Waals surface area contributed by atoms with Gasteiger partial charge >= 0.3 is 0 Å². The van der Waals surface area contributed by atoms with E-state index in [-0.39, 0.29) is 0 Å². The summed E-state index contributed by atoms with van der Waals surface area (Å²) >= 11 is 5.30. The summed E-state index contributed by atoms with van der Waals surface area (Å²) in [5, 5.41) is 8.34. The van der Waals surface area contributed by atoms with Crippen molar-refractivity contribution in [3.8, 4) is 0 Å². The molecule has 3 nitrogen and oxygen atoms in total. The average Bonchev–Trinajstić information content (AvgIpc) is 2.43. The standard InChI is InChI=1S/C15H25N3S/c1-12-7-5-6-10-14(12)17-15(19)18-16-11-13-8-3-2-4-9-13/h2-3,11-14H,4-10H2,1H3,(H2,17,18,19)/b16-11-/t12-,13-,14+/m0/s1. The quantitative estimate of drug-likeness (QED) is 0.360. The van der Waals surface area contributed by atoms with Crippen molar-refractivity contribution in [2.24, 2.45) is 16.9 Å². The van der Waals surface area contributed by atoms with Crippen molar-refractivity contribution in [2.75, 3.05) is 0 Å². The third-order valence-electron chi connectivity index (χ3n) is 4.19. The highest BCUT2D eigenvalue weighted by atomic mass is 32.1. The average molecular weight is 279 g/mol. The highest BCUT2D eigenvalue weighted by molar-refractivity contribution is 7.80. The SMILES string of the molecule is C[C@H]1CCCC[C@H]1NC(=S)N/N=C\[C@H]1CC=CCC1. The van der Waals surface area contributed by atoms with Gasteiger partial charge < -0.3 is 5.32 Å². The summed E-state index contributed by atoms with van der Waals surface area (Å²) < 4.78 is 0. The van der Waals surface area contributed by atoms with Gasteiger partial charge in [-0.3, -0.25) is 5.43 Å². The van der Waals surface area contributed by atoms with Gasteiger partial charge in [0.1, 0.15) is 0 Å². The Balaban J connectivity index is 1.68. The first-order valence-electron chi connectivity index (χ1n) is 7.50. The van der Waals surface area contributed by atoms with Crippen LogP contribution in [0, 0.1) is 11.8 Å². The van der Waals surface area contributed by atoms with Crippen LogP contribution in [0.3, 0.4) is 0 Å². The Morgan fingerprint density at radius 3 is 2.84 bits per heavy atom. The van der Waals surface area contributed by atoms with Crippen molar-refractivity contribution in [1.82, 2.24) is 10.7 Å². The molecule has 0 saturated heterocycles. The summed E-state index contributed by atoms with van der Waals surface area (Å²) in [6.07, 6.45) is 15.1. The van der Waals surface area contributed by atoms with Crippen LogP contribution < -0.4 is 10.7 Å². The van der Waals surface area contributed by atoms with E-state index >= 15 is 0 Å². The summed E-state index contributed by atoms with van der Waals surface area (Å²) in [6.45, 7) is 2.30. The fourth-order valence-corrected chi connectivity index (χ4v) is 3.09. The third-order valence-corrected chi connectivity index (χ3v) is 4.40. The zero-order valence-electron chi connectivity index (χ0n) is 11.8. The third kappa shape index (κ3) is 4.94. The van der Waals surface area contributed by atoms with Crippen LogP contribution in [0.2, 0.25) is 0 Å². The predicted octanol–water partition coefficient (Wildman–Crippen LogP) is 3.37. The fourth-order valence-electron chi connectivity index (χ4n) is 2.89. The van der Waals surface area contributed by atoms with Gasteiger partial charge in [0.25, 0.3) is 0 Å². The Kier molecular flexibility index (Phi) is 5.83. The molecule has 0 unspecified atom stereocenters. The minimum absolute atomic E-state index is 0.515. The largest absolute Gasteiger partial charge is 0.358 e. The summed E-state index contributed by atoms with van der Waals surface area (Å²) in [7, 11) is 0. The van der Waals surface area contributed by atoms with Gasteiger partial charge in [-0.15, -0.1) is 0 Å². The molecule has 2 N–H and O–H groups in total. The van der Waals surface area contributed by atoms with Gasteiger partial charge in [0.05, 0.1) is 0 Å². The number of hydrazone groups is 1. The van der Waals surface area contributed by atoms with E-state index in [2.05, 4.69) is 34.9 Å². The molecule has 4 heteroatoms. The maximum Gasteiger partial charge on any atom is 0.187 e. The number of thiocarbonyl (C=S) groups is 1. The highest BCUT2D eigenvalue weighted by Gasteiger charge is 2.21. The van der Waals surface area contributed by atoms with Crippen LogP contribution >= 0.6 is 12.2 Å². The molecule has 0 bridgehead atoms. The molecular weight excluding hydrogens is 254 g/mol. The second-order valence-corrected chi connectivity index (χ2v) is 6.18. The van der Waals surface area contributed by atoms with Crippen molar-refractivity contribution in [1.29, 1.82) is 0 Å². The zero-order valence-corrected chi connectivity index (χ0v) is 12.6. The van der Waals surface area contributed by atoms with Crippen LogP contribution in [0.1, 0.15) is 51.9 Å². The number of hydrogen-bond donors (Lipinski definition) is 2. The lowest BCUT2D eigenvalue weighted by molar-refractivity contribution is 0.308. The second kappa shape index (κ2) is 7.63. The first kappa shape index (κ1) is 14.5. The lowest BCUT2D eigenvalue weighted by Gasteiger charge is -2.30. The van der Waals surface area contributed by atoms with Gasteiger partial charge in [0.2, 0.25) is 0 Å². The second-order valence-electron chi connectivity index (χ2n) is 5.78. The van der Waals surface area contributed by atoms with Gasteiger partial charge in [-0.1, -0.05) is 31.9 Å². The molecule has 1 saturated carbocycles. The maximum absolute atomic E-state index is 5.30. The molecule has 0 aromatic heterocycles. The Hall–Kier alpha value is -0.900. The molecule has 0 spiro atoms. The molecule has 106 valence electrons. The number of allylic oxidation sites excluding steroid dienone is 2. The van der Waals surface area contributed by atoms with Crippen molar-refractivity contribution in [3.63, 3.8) is 0 Å². The highest BCUT2D eigenvalue weighted by Crippen LogP contribution is 2.23. The molecule has 0 radical (unpaired) electrons. The molecule has 2 rings (SSSR count). The molecule has 3 atom stereocenters. The van der Waals surface area contributed by atoms with Crippen LogP contribution in [-0.4, -0.2) is 17.4 Å². The van der Waals surface area contributed by atoms with Crippen molar-refractivity contribution < 1.29 is 0 Å². The first-order valence-corrected chi connectivity index (χ1v) is 7.91. The Labute approximate surface area is 121 Å². The molecule has 2 aliphatic rings. The van der Waals surface area contributed by atoms with Gasteiger partial charge in [0.15, 0.2) is 5.11 Å². The molecule has 0 heterocycles. The van der Waals surface area contributed by atoms with E-state index in [0.29, 0.717) is 23.0 Å². The van der Waals surface area contributed by atoms with E-state index in [1.54, 1.807) is 0 Å². The monoisotopic (exact) mass is 279 g/mol. The lowest BCUT2D eigenvalue weighted by Crippen LogP contribution is -2.44. The minimum Gasteiger partial charge on any atom is -0.358 e. The maximum atomic E-state index is 5.30. The number of hydrogen-bond acceptors (Lipinski definition) is 2.